The van der Waals surface area contributed by atoms with Gasteiger partial charge in [-0.1, -0.05) is 127 Å². The minimum Gasteiger partial charge on any atom is -0.508 e. The Morgan fingerprint density at radius 2 is 0.597 bits per heavy atom. The van der Waals surface area contributed by atoms with Gasteiger partial charge in [-0.2, -0.15) is 0 Å². The van der Waals surface area contributed by atoms with Crippen molar-refractivity contribution in [1.29, 1.82) is 0 Å². The first-order chi connectivity index (χ1) is 32.0. The molecule has 0 aliphatic carbocycles. The van der Waals surface area contributed by atoms with Crippen molar-refractivity contribution in [3.63, 3.8) is 0 Å². The fourth-order valence-electron chi connectivity index (χ4n) is 6.11. The summed E-state index contributed by atoms with van der Waals surface area (Å²) < 4.78 is 0. The predicted octanol–water partition coefficient (Wildman–Crippen LogP) is 13.8. The highest BCUT2D eigenvalue weighted by Gasteiger charge is 2.26. The highest BCUT2D eigenvalue weighted by Crippen LogP contribution is 2.44. The van der Waals surface area contributed by atoms with E-state index in [1.54, 1.807) is 36.4 Å². The number of benzene rings is 6. The van der Waals surface area contributed by atoms with Crippen LogP contribution < -0.4 is 0 Å². The molecule has 0 bridgehead atoms. The smallest absolute Gasteiger partial charge is 0.153 e. The van der Waals surface area contributed by atoms with E-state index in [1.165, 1.54) is 78.9 Å². The molecule has 11 nitrogen and oxygen atoms in total. The molecule has 0 unspecified atom stereocenters. The molecule has 0 spiro atoms. The molecule has 0 heterocycles. The Labute approximate surface area is 398 Å². The average Bonchev–Trinajstić information content (AvgIpc) is 3.38. The third kappa shape index (κ3) is 17.8. The van der Waals surface area contributed by atoms with Gasteiger partial charge in [0.05, 0.1) is 16.7 Å². The Morgan fingerprint density at radius 3 is 0.881 bits per heavy atom. The Hall–Kier alpha value is -7.53. The number of phenolic OH excluding ortho intramolecular Hbond substituents is 6. The normalized spacial score (nSPS) is 9.10. The molecule has 0 aliphatic heterocycles. The van der Waals surface area contributed by atoms with Crippen molar-refractivity contribution < 1.29 is 54.6 Å². The Morgan fingerprint density at radius 1 is 0.313 bits per heavy atom. The number of rotatable bonds is 11. The molecular weight excluding hydrogens is 849 g/mol. The minimum atomic E-state index is -0.781. The van der Waals surface area contributed by atoms with Crippen molar-refractivity contribution in [3.8, 4) is 34.5 Å². The molecule has 0 saturated heterocycles. The zero-order valence-corrected chi connectivity index (χ0v) is 40.2. The van der Waals surface area contributed by atoms with Gasteiger partial charge in [-0.15, -0.1) is 0 Å². The van der Waals surface area contributed by atoms with Gasteiger partial charge in [0.1, 0.15) is 47.1 Å². The maximum absolute atomic E-state index is 11.2. The Balaban J connectivity index is -0.000000988. The molecule has 0 amide bonds. The van der Waals surface area contributed by atoms with Crippen LogP contribution in [0.5, 0.6) is 34.5 Å². The van der Waals surface area contributed by atoms with E-state index in [9.17, 15) is 54.6 Å². The molecule has 0 aromatic heterocycles. The Bertz CT molecular complexity index is 2190. The summed E-state index contributed by atoms with van der Waals surface area (Å²) in [5.41, 5.74) is 3.87. The molecule has 0 atom stereocenters. The van der Waals surface area contributed by atoms with Gasteiger partial charge in [-0.3, -0.25) is 24.0 Å². The van der Waals surface area contributed by atoms with Crippen LogP contribution in [0.3, 0.4) is 0 Å². The fourth-order valence-corrected chi connectivity index (χ4v) is 6.11. The second kappa shape index (κ2) is 35.8. The minimum absolute atomic E-state index is 0. The summed E-state index contributed by atoms with van der Waals surface area (Å²) in [6.07, 6.45) is 2.87. The van der Waals surface area contributed by atoms with E-state index < -0.39 is 11.8 Å². The van der Waals surface area contributed by atoms with Crippen LogP contribution in [0.25, 0.3) is 0 Å². The highest BCUT2D eigenvalue weighted by atomic mass is 16.3. The summed E-state index contributed by atoms with van der Waals surface area (Å²) in [6, 6.07) is 28.7. The first kappa shape index (κ1) is 63.8. The number of phenols is 6. The number of hydrogen-bond acceptors (Lipinski definition) is 11. The average molecular weight is 921 g/mol. The van der Waals surface area contributed by atoms with Crippen molar-refractivity contribution in [1.82, 2.24) is 0 Å². The van der Waals surface area contributed by atoms with E-state index in [0.717, 1.165) is 0 Å². The van der Waals surface area contributed by atoms with E-state index in [1.807, 2.05) is 83.1 Å². The topological polar surface area (TPSA) is 207 Å². The number of carbonyl (C=O) groups excluding carboxylic acids is 5. The SMILES string of the molecule is C.CC.CC.CC.CC.CC.CC.O=Cc1cc(C(c2ccc(O)c(C=O)c2)c2ccc(O)c(C=O)c2)ccc1O.O=Cc1ccc(O)c(C(c2ccccc2O)c2cc(C=O)ccc2O)c1. The number of para-hydroxylation sites is 1. The fraction of sp³-hybridized carbons (Fsp3) is 0.268. The van der Waals surface area contributed by atoms with Gasteiger partial charge < -0.3 is 30.6 Å². The van der Waals surface area contributed by atoms with Crippen LogP contribution in [0, 0.1) is 0 Å². The van der Waals surface area contributed by atoms with Crippen LogP contribution >= 0.6 is 0 Å². The second-order valence-corrected chi connectivity index (χ2v) is 12.1. The molecule has 11 heteroatoms. The van der Waals surface area contributed by atoms with Gasteiger partial charge in [-0.25, -0.2) is 0 Å². The molecular formula is C56H72O11. The summed E-state index contributed by atoms with van der Waals surface area (Å²) >= 11 is 0. The number of carbonyl (C=O) groups is 5. The third-order valence-corrected chi connectivity index (χ3v) is 8.78. The van der Waals surface area contributed by atoms with Gasteiger partial charge in [-0.05, 0) is 95.6 Å². The molecule has 362 valence electrons. The summed E-state index contributed by atoms with van der Waals surface area (Å²) in [5, 5.41) is 60.5. The van der Waals surface area contributed by atoms with Crippen LogP contribution in [0.4, 0.5) is 0 Å². The second-order valence-electron chi connectivity index (χ2n) is 12.1. The maximum Gasteiger partial charge on any atom is 0.153 e. The quantitative estimate of drug-likeness (QED) is 0.0532. The predicted molar refractivity (Wildman–Crippen MR) is 272 cm³/mol. The third-order valence-electron chi connectivity index (χ3n) is 8.78. The lowest BCUT2D eigenvalue weighted by Gasteiger charge is -2.22. The summed E-state index contributed by atoms with van der Waals surface area (Å²) in [5.74, 6) is -2.05. The molecule has 0 radical (unpaired) electrons. The molecule has 6 aromatic rings. The maximum atomic E-state index is 11.2. The molecule has 0 fully saturated rings. The zero-order chi connectivity index (χ0) is 50.9. The van der Waals surface area contributed by atoms with Crippen LogP contribution in [0.1, 0.15) is 188 Å². The summed E-state index contributed by atoms with van der Waals surface area (Å²) in [4.78, 5) is 56.1. The number of aromatic hydroxyl groups is 6. The number of aldehydes is 5. The molecule has 0 aliphatic rings. The van der Waals surface area contributed by atoms with Crippen molar-refractivity contribution in [2.75, 3.05) is 0 Å². The van der Waals surface area contributed by atoms with Crippen LogP contribution in [0.2, 0.25) is 0 Å². The van der Waals surface area contributed by atoms with Crippen LogP contribution in [-0.2, 0) is 0 Å². The summed E-state index contributed by atoms with van der Waals surface area (Å²) in [7, 11) is 0. The van der Waals surface area contributed by atoms with E-state index in [4.69, 9.17) is 0 Å². The summed E-state index contributed by atoms with van der Waals surface area (Å²) in [6.45, 7) is 24.0. The highest BCUT2D eigenvalue weighted by molar-refractivity contribution is 5.82. The van der Waals surface area contributed by atoms with Crippen LogP contribution in [-0.4, -0.2) is 62.1 Å². The van der Waals surface area contributed by atoms with E-state index in [-0.39, 0.29) is 58.6 Å². The van der Waals surface area contributed by atoms with Crippen molar-refractivity contribution in [2.45, 2.75) is 102 Å². The lowest BCUT2D eigenvalue weighted by molar-refractivity contribution is 0.111. The molecule has 6 aromatic carbocycles. The van der Waals surface area contributed by atoms with Crippen molar-refractivity contribution >= 4 is 31.4 Å². The van der Waals surface area contributed by atoms with Crippen molar-refractivity contribution in [2.24, 2.45) is 0 Å². The standard InChI is InChI=1S/C22H16O6.C21H16O5.6C2H6.CH4/c23-10-16-7-13(1-4-19(16)26)22(14-2-5-20(27)17(8-14)11-24)15-3-6-21(28)18(9-15)12-25;22-11-13-5-7-19(25)16(9-13)21(15-3-1-2-4-18(15)24)17-10-14(12-23)6-8-20(17)26;6*1-2;/h1-12,22,26-28H;1-12,21,24-26H;6*1-2H3;1H4. The van der Waals surface area contributed by atoms with E-state index >= 15 is 0 Å². The van der Waals surface area contributed by atoms with Crippen LogP contribution in [0.15, 0.2) is 115 Å². The van der Waals surface area contributed by atoms with Crippen molar-refractivity contribution in [3.05, 3.63) is 176 Å². The first-order valence-corrected chi connectivity index (χ1v) is 22.2. The van der Waals surface area contributed by atoms with Gasteiger partial charge in [0, 0.05) is 39.7 Å². The van der Waals surface area contributed by atoms with Gasteiger partial charge in [0.2, 0.25) is 0 Å². The van der Waals surface area contributed by atoms with Gasteiger partial charge in [0.15, 0.2) is 18.9 Å². The molecule has 6 N–H and O–H groups in total. The Kier molecular flexibility index (Phi) is 34.0. The zero-order valence-electron chi connectivity index (χ0n) is 40.2. The lowest BCUT2D eigenvalue weighted by atomic mass is 9.82. The van der Waals surface area contributed by atoms with Gasteiger partial charge >= 0.3 is 0 Å². The monoisotopic (exact) mass is 921 g/mol. The lowest BCUT2D eigenvalue weighted by Crippen LogP contribution is -2.06. The first-order valence-electron chi connectivity index (χ1n) is 22.2. The van der Waals surface area contributed by atoms with E-state index in [0.29, 0.717) is 75.9 Å². The molecule has 6 rings (SSSR count). The molecule has 67 heavy (non-hydrogen) atoms. The largest absolute Gasteiger partial charge is 0.508 e. The van der Waals surface area contributed by atoms with E-state index in [2.05, 4.69) is 0 Å². The van der Waals surface area contributed by atoms with Gasteiger partial charge in [0.25, 0.3) is 0 Å². The molecule has 0 saturated carbocycles. The number of hydrogen-bond donors (Lipinski definition) is 6.